The number of hydrogen-bond acceptors (Lipinski definition) is 11. The van der Waals surface area contributed by atoms with E-state index in [-0.39, 0.29) is 0 Å². The summed E-state index contributed by atoms with van der Waals surface area (Å²) in [5.41, 5.74) is 0. The Kier molecular flexibility index (Phi) is 6.70. The van der Waals surface area contributed by atoms with Crippen LogP contribution in [-0.2, 0) is 23.7 Å². The number of esters is 1. The van der Waals surface area contributed by atoms with Gasteiger partial charge in [-0.05, 0) is 6.92 Å². The monoisotopic (exact) mass is 368 g/mol. The number of hydrogen-bond donors (Lipinski definition) is 6. The molecule has 0 spiro atoms. The molecule has 25 heavy (non-hydrogen) atoms. The SMILES string of the molecule is CC(=O)O[C@H]1C(O)O[C@H](CO)[C@@H](O)[C@@H]1O[C@@H]1O[C@@H](C)[C@H](O)[C@@H](O)[C@H]1O. The van der Waals surface area contributed by atoms with Crippen molar-refractivity contribution in [3.63, 3.8) is 0 Å². The van der Waals surface area contributed by atoms with Crippen molar-refractivity contribution in [3.8, 4) is 0 Å². The molecule has 146 valence electrons. The van der Waals surface area contributed by atoms with Crippen molar-refractivity contribution in [1.82, 2.24) is 0 Å². The van der Waals surface area contributed by atoms with E-state index in [0.717, 1.165) is 6.92 Å². The van der Waals surface area contributed by atoms with Gasteiger partial charge in [0.25, 0.3) is 0 Å². The fraction of sp³-hybridized carbons (Fsp3) is 0.929. The first-order valence-corrected chi connectivity index (χ1v) is 7.82. The quantitative estimate of drug-likeness (QED) is 0.268. The molecule has 2 rings (SSSR count). The lowest BCUT2D eigenvalue weighted by atomic mass is 9.97. The van der Waals surface area contributed by atoms with E-state index in [2.05, 4.69) is 0 Å². The van der Waals surface area contributed by atoms with E-state index in [4.69, 9.17) is 18.9 Å². The zero-order valence-corrected chi connectivity index (χ0v) is 13.7. The Balaban J connectivity index is 2.20. The Morgan fingerprint density at radius 1 is 0.960 bits per heavy atom. The number of carbonyl (C=O) groups is 1. The minimum absolute atomic E-state index is 0.656. The van der Waals surface area contributed by atoms with Gasteiger partial charge < -0.3 is 49.6 Å². The molecular formula is C14H24O11. The van der Waals surface area contributed by atoms with E-state index in [0.29, 0.717) is 0 Å². The summed E-state index contributed by atoms with van der Waals surface area (Å²) in [6.45, 7) is 1.85. The van der Waals surface area contributed by atoms with E-state index in [9.17, 15) is 35.4 Å². The van der Waals surface area contributed by atoms with Gasteiger partial charge in [0, 0.05) is 6.92 Å². The van der Waals surface area contributed by atoms with Crippen LogP contribution in [0.2, 0.25) is 0 Å². The van der Waals surface area contributed by atoms with Gasteiger partial charge in [0.05, 0.1) is 12.7 Å². The number of aliphatic hydroxyl groups is 6. The van der Waals surface area contributed by atoms with Crippen LogP contribution in [0.25, 0.3) is 0 Å². The van der Waals surface area contributed by atoms with Crippen molar-refractivity contribution in [2.75, 3.05) is 6.61 Å². The molecule has 11 heteroatoms. The highest BCUT2D eigenvalue weighted by Crippen LogP contribution is 2.29. The summed E-state index contributed by atoms with van der Waals surface area (Å²) in [4.78, 5) is 11.2. The van der Waals surface area contributed by atoms with Crippen molar-refractivity contribution >= 4 is 5.97 Å². The molecule has 2 heterocycles. The summed E-state index contributed by atoms with van der Waals surface area (Å²) >= 11 is 0. The summed E-state index contributed by atoms with van der Waals surface area (Å²) in [6.07, 6.45) is -14.3. The van der Waals surface area contributed by atoms with Crippen LogP contribution < -0.4 is 0 Å². The molecule has 0 radical (unpaired) electrons. The highest BCUT2D eigenvalue weighted by atomic mass is 16.7. The lowest BCUT2D eigenvalue weighted by Crippen LogP contribution is -2.64. The summed E-state index contributed by atoms with van der Waals surface area (Å²) in [6, 6.07) is 0. The van der Waals surface area contributed by atoms with Gasteiger partial charge in [0.1, 0.15) is 36.6 Å². The van der Waals surface area contributed by atoms with Gasteiger partial charge in [-0.1, -0.05) is 0 Å². The van der Waals surface area contributed by atoms with Gasteiger partial charge in [-0.2, -0.15) is 0 Å². The Bertz CT molecular complexity index is 460. The third-order valence-electron chi connectivity index (χ3n) is 4.22. The molecule has 0 aliphatic carbocycles. The molecule has 0 aromatic rings. The molecule has 1 unspecified atom stereocenters. The standard InChI is InChI=1S/C14H24O11/c1-4-7(17)9(19)10(20)14(22-4)25-11-8(18)6(3-15)24-13(21)12(11)23-5(2)16/h4,6-15,17-21H,3H2,1-2H3/t4-,6+,7-,8+,9+,10+,11-,12+,13?,14-/m0/s1. The molecule has 11 nitrogen and oxygen atoms in total. The van der Waals surface area contributed by atoms with Crippen LogP contribution in [0.5, 0.6) is 0 Å². The van der Waals surface area contributed by atoms with Crippen LogP contribution in [0.4, 0.5) is 0 Å². The van der Waals surface area contributed by atoms with E-state index in [1.54, 1.807) is 0 Å². The summed E-state index contributed by atoms with van der Waals surface area (Å²) in [5.74, 6) is -0.787. The number of rotatable bonds is 4. The van der Waals surface area contributed by atoms with Gasteiger partial charge in [0.15, 0.2) is 18.7 Å². The molecule has 2 aliphatic rings. The lowest BCUT2D eigenvalue weighted by molar-refractivity contribution is -0.353. The first-order valence-electron chi connectivity index (χ1n) is 7.82. The molecule has 0 aromatic heterocycles. The second-order valence-electron chi connectivity index (χ2n) is 6.09. The minimum Gasteiger partial charge on any atom is -0.454 e. The number of aliphatic hydroxyl groups excluding tert-OH is 6. The normalized spacial score (nSPS) is 48.2. The van der Waals surface area contributed by atoms with Crippen LogP contribution in [-0.4, -0.2) is 105 Å². The van der Waals surface area contributed by atoms with Crippen molar-refractivity contribution in [1.29, 1.82) is 0 Å². The zero-order chi connectivity index (χ0) is 18.9. The Morgan fingerprint density at radius 2 is 1.60 bits per heavy atom. The van der Waals surface area contributed by atoms with Crippen LogP contribution in [0.1, 0.15) is 13.8 Å². The molecule has 0 amide bonds. The second kappa shape index (κ2) is 8.20. The molecule has 6 N–H and O–H groups in total. The smallest absolute Gasteiger partial charge is 0.303 e. The molecular weight excluding hydrogens is 344 g/mol. The lowest BCUT2D eigenvalue weighted by Gasteiger charge is -2.45. The first-order chi connectivity index (χ1) is 11.7. The van der Waals surface area contributed by atoms with Crippen molar-refractivity contribution in [2.45, 2.75) is 75.3 Å². The first kappa shape index (κ1) is 20.4. The fourth-order valence-electron chi connectivity index (χ4n) is 2.81. The molecule has 2 saturated heterocycles. The van der Waals surface area contributed by atoms with Crippen molar-refractivity contribution in [2.24, 2.45) is 0 Å². The van der Waals surface area contributed by atoms with Crippen LogP contribution in [0.15, 0.2) is 0 Å². The van der Waals surface area contributed by atoms with E-state index in [1.165, 1.54) is 6.92 Å². The molecule has 0 saturated carbocycles. The van der Waals surface area contributed by atoms with Gasteiger partial charge in [-0.15, -0.1) is 0 Å². The van der Waals surface area contributed by atoms with Crippen LogP contribution >= 0.6 is 0 Å². The Labute approximate surface area is 143 Å². The maximum absolute atomic E-state index is 11.2. The summed E-state index contributed by atoms with van der Waals surface area (Å²) < 4.78 is 20.6. The van der Waals surface area contributed by atoms with E-state index >= 15 is 0 Å². The van der Waals surface area contributed by atoms with Gasteiger partial charge in [0.2, 0.25) is 0 Å². The van der Waals surface area contributed by atoms with Gasteiger partial charge in [-0.25, -0.2) is 0 Å². The molecule has 2 fully saturated rings. The average molecular weight is 368 g/mol. The van der Waals surface area contributed by atoms with Crippen molar-refractivity contribution < 1.29 is 54.4 Å². The average Bonchev–Trinajstić information content (AvgIpc) is 2.56. The van der Waals surface area contributed by atoms with E-state index in [1.807, 2.05) is 0 Å². The molecule has 10 atom stereocenters. The highest BCUT2D eigenvalue weighted by Gasteiger charge is 2.51. The summed E-state index contributed by atoms with van der Waals surface area (Å²) in [7, 11) is 0. The topological polar surface area (TPSA) is 175 Å². The minimum atomic E-state index is -1.71. The van der Waals surface area contributed by atoms with Crippen LogP contribution in [0.3, 0.4) is 0 Å². The highest BCUT2D eigenvalue weighted by molar-refractivity contribution is 5.66. The van der Waals surface area contributed by atoms with Crippen molar-refractivity contribution in [3.05, 3.63) is 0 Å². The Morgan fingerprint density at radius 3 is 2.16 bits per heavy atom. The van der Waals surface area contributed by atoms with E-state index < -0.39 is 74.0 Å². The summed E-state index contributed by atoms with van der Waals surface area (Å²) in [5, 5.41) is 59.0. The largest absolute Gasteiger partial charge is 0.454 e. The predicted octanol–water partition coefficient (Wildman–Crippen LogP) is -3.80. The Hall–Kier alpha value is -0.890. The predicted molar refractivity (Wildman–Crippen MR) is 76.8 cm³/mol. The zero-order valence-electron chi connectivity index (χ0n) is 13.7. The number of ether oxygens (including phenoxy) is 4. The molecule has 0 aromatic carbocycles. The maximum Gasteiger partial charge on any atom is 0.303 e. The molecule has 2 aliphatic heterocycles. The second-order valence-corrected chi connectivity index (χ2v) is 6.09. The third-order valence-corrected chi connectivity index (χ3v) is 4.22. The van der Waals surface area contributed by atoms with Crippen LogP contribution in [0, 0.1) is 0 Å². The van der Waals surface area contributed by atoms with Gasteiger partial charge >= 0.3 is 5.97 Å². The third kappa shape index (κ3) is 4.27. The molecule has 0 bridgehead atoms. The number of carbonyl (C=O) groups excluding carboxylic acids is 1. The van der Waals surface area contributed by atoms with Gasteiger partial charge in [-0.3, -0.25) is 4.79 Å². The fourth-order valence-corrected chi connectivity index (χ4v) is 2.81. The maximum atomic E-state index is 11.2.